The van der Waals surface area contributed by atoms with Crippen LogP contribution in [0.2, 0.25) is 0 Å². The molecule has 2 heterocycles. The van der Waals surface area contributed by atoms with Crippen molar-refractivity contribution in [3.8, 4) is 28.7 Å². The van der Waals surface area contributed by atoms with Crippen LogP contribution in [0.25, 0.3) is 22.3 Å². The van der Waals surface area contributed by atoms with Crippen LogP contribution in [0.1, 0.15) is 22.8 Å². The fourth-order valence-corrected chi connectivity index (χ4v) is 3.59. The van der Waals surface area contributed by atoms with Crippen LogP contribution in [0.4, 0.5) is 0 Å². The van der Waals surface area contributed by atoms with Gasteiger partial charge in [-0.25, -0.2) is 9.78 Å². The molecule has 2 aromatic heterocycles. The summed E-state index contributed by atoms with van der Waals surface area (Å²) in [6, 6.07) is 28.3. The molecule has 5 rings (SSSR count). The van der Waals surface area contributed by atoms with Crippen molar-refractivity contribution in [3.63, 3.8) is 0 Å². The molecule has 3 aromatic carbocycles. The monoisotopic (exact) mass is 465 g/mol. The standard InChI is InChI=1S/C29H23NO5/c1-2-32-29(31)22-12-11-21-15-27(35-26(21)16-22)23-13-14-28(30-18-23)34-25-10-6-9-24(17-25)33-19-20-7-4-3-5-8-20/h3-18H,2,19H2,1H3. The number of carbonyl (C=O) groups is 1. The van der Waals surface area contributed by atoms with Gasteiger partial charge in [-0.1, -0.05) is 42.5 Å². The van der Waals surface area contributed by atoms with Gasteiger partial charge in [0, 0.05) is 29.3 Å². The molecule has 6 nitrogen and oxygen atoms in total. The quantitative estimate of drug-likeness (QED) is 0.229. The molecule has 0 radical (unpaired) electrons. The predicted molar refractivity (Wildman–Crippen MR) is 133 cm³/mol. The summed E-state index contributed by atoms with van der Waals surface area (Å²) in [7, 11) is 0. The Morgan fingerprint density at radius 3 is 2.54 bits per heavy atom. The number of carbonyl (C=O) groups excluding carboxylic acids is 1. The number of pyridine rings is 1. The number of rotatable bonds is 8. The average molecular weight is 466 g/mol. The van der Waals surface area contributed by atoms with Crippen LogP contribution >= 0.6 is 0 Å². The number of furan rings is 1. The van der Waals surface area contributed by atoms with Gasteiger partial charge in [0.05, 0.1) is 12.2 Å². The second-order valence-electron chi connectivity index (χ2n) is 7.82. The van der Waals surface area contributed by atoms with E-state index in [9.17, 15) is 4.79 Å². The van der Waals surface area contributed by atoms with Crippen LogP contribution in [0.5, 0.6) is 17.4 Å². The largest absolute Gasteiger partial charge is 0.489 e. The van der Waals surface area contributed by atoms with Crippen LogP contribution in [-0.2, 0) is 11.3 Å². The lowest BCUT2D eigenvalue weighted by molar-refractivity contribution is 0.0526. The molecule has 0 saturated carbocycles. The van der Waals surface area contributed by atoms with Gasteiger partial charge in [0.15, 0.2) is 0 Å². The molecule has 0 saturated heterocycles. The molecular formula is C29H23NO5. The minimum absolute atomic E-state index is 0.325. The van der Waals surface area contributed by atoms with Gasteiger partial charge in [0.25, 0.3) is 0 Å². The van der Waals surface area contributed by atoms with Crippen LogP contribution < -0.4 is 9.47 Å². The zero-order valence-electron chi connectivity index (χ0n) is 19.1. The first-order valence-corrected chi connectivity index (χ1v) is 11.3. The summed E-state index contributed by atoms with van der Waals surface area (Å²) in [6.07, 6.45) is 1.69. The summed E-state index contributed by atoms with van der Waals surface area (Å²) in [5.74, 6) is 2.08. The number of esters is 1. The van der Waals surface area contributed by atoms with E-state index in [1.54, 1.807) is 31.3 Å². The van der Waals surface area contributed by atoms with Crippen molar-refractivity contribution in [2.45, 2.75) is 13.5 Å². The molecule has 5 aromatic rings. The molecule has 0 bridgehead atoms. The fraction of sp³-hybridized carbons (Fsp3) is 0.103. The van der Waals surface area contributed by atoms with E-state index in [1.165, 1.54) is 0 Å². The van der Waals surface area contributed by atoms with Crippen LogP contribution in [-0.4, -0.2) is 17.6 Å². The maximum Gasteiger partial charge on any atom is 0.338 e. The van der Waals surface area contributed by atoms with Crippen molar-refractivity contribution in [1.29, 1.82) is 0 Å². The third-order valence-electron chi connectivity index (χ3n) is 5.33. The summed E-state index contributed by atoms with van der Waals surface area (Å²) < 4.78 is 22.8. The zero-order chi connectivity index (χ0) is 24.0. The van der Waals surface area contributed by atoms with Crippen molar-refractivity contribution < 1.29 is 23.4 Å². The Hall–Kier alpha value is -4.58. The molecule has 35 heavy (non-hydrogen) atoms. The van der Waals surface area contributed by atoms with E-state index in [4.69, 9.17) is 18.6 Å². The Morgan fingerprint density at radius 1 is 0.886 bits per heavy atom. The maximum atomic E-state index is 12.0. The minimum atomic E-state index is -0.370. The lowest BCUT2D eigenvalue weighted by atomic mass is 10.1. The number of aromatic nitrogens is 1. The van der Waals surface area contributed by atoms with Crippen molar-refractivity contribution in [3.05, 3.63) is 108 Å². The van der Waals surface area contributed by atoms with E-state index >= 15 is 0 Å². The minimum Gasteiger partial charge on any atom is -0.489 e. The summed E-state index contributed by atoms with van der Waals surface area (Å²) in [5, 5.41) is 0.890. The van der Waals surface area contributed by atoms with Gasteiger partial charge >= 0.3 is 5.97 Å². The lowest BCUT2D eigenvalue weighted by Gasteiger charge is -2.09. The summed E-state index contributed by atoms with van der Waals surface area (Å²) in [4.78, 5) is 16.4. The van der Waals surface area contributed by atoms with Gasteiger partial charge in [0.2, 0.25) is 5.88 Å². The molecule has 0 fully saturated rings. The summed E-state index contributed by atoms with van der Waals surface area (Å²) in [6.45, 7) is 2.58. The normalized spacial score (nSPS) is 10.8. The zero-order valence-corrected chi connectivity index (χ0v) is 19.1. The number of nitrogens with zero attached hydrogens (tertiary/aromatic N) is 1. The predicted octanol–water partition coefficient (Wildman–Crippen LogP) is 7.04. The number of hydrogen-bond donors (Lipinski definition) is 0. The lowest BCUT2D eigenvalue weighted by Crippen LogP contribution is -2.03. The molecule has 0 aliphatic heterocycles. The van der Waals surface area contributed by atoms with Crippen LogP contribution in [0, 0.1) is 0 Å². The second kappa shape index (κ2) is 10.1. The Labute approximate surface area is 202 Å². The fourth-order valence-electron chi connectivity index (χ4n) is 3.59. The SMILES string of the molecule is CCOC(=O)c1ccc2cc(-c3ccc(Oc4cccc(OCc5ccccc5)c4)nc3)oc2c1. The number of ether oxygens (including phenoxy) is 3. The molecule has 0 unspecified atom stereocenters. The van der Waals surface area contributed by atoms with E-state index < -0.39 is 0 Å². The van der Waals surface area contributed by atoms with E-state index in [0.29, 0.717) is 47.5 Å². The maximum absolute atomic E-state index is 12.0. The highest BCUT2D eigenvalue weighted by Crippen LogP contribution is 2.30. The number of fused-ring (bicyclic) bond motifs is 1. The van der Waals surface area contributed by atoms with Gasteiger partial charge in [-0.15, -0.1) is 0 Å². The van der Waals surface area contributed by atoms with E-state index in [2.05, 4.69) is 4.98 Å². The molecule has 0 amide bonds. The molecule has 174 valence electrons. The third kappa shape index (κ3) is 5.33. The van der Waals surface area contributed by atoms with Crippen LogP contribution in [0.3, 0.4) is 0 Å². The van der Waals surface area contributed by atoms with E-state index in [0.717, 1.165) is 16.5 Å². The molecule has 6 heteroatoms. The van der Waals surface area contributed by atoms with Gasteiger partial charge in [0.1, 0.15) is 29.4 Å². The van der Waals surface area contributed by atoms with Crippen molar-refractivity contribution in [2.75, 3.05) is 6.61 Å². The smallest absolute Gasteiger partial charge is 0.338 e. The number of hydrogen-bond acceptors (Lipinski definition) is 6. The van der Waals surface area contributed by atoms with Crippen LogP contribution in [0.15, 0.2) is 102 Å². The Kier molecular flexibility index (Phi) is 6.44. The molecule has 0 atom stereocenters. The highest BCUT2D eigenvalue weighted by Gasteiger charge is 2.12. The molecule has 0 spiro atoms. The first-order chi connectivity index (χ1) is 17.2. The van der Waals surface area contributed by atoms with Crippen molar-refractivity contribution in [2.24, 2.45) is 0 Å². The van der Waals surface area contributed by atoms with E-state index in [-0.39, 0.29) is 5.97 Å². The highest BCUT2D eigenvalue weighted by atomic mass is 16.5. The Bertz CT molecular complexity index is 1440. The van der Waals surface area contributed by atoms with Gasteiger partial charge < -0.3 is 18.6 Å². The Balaban J connectivity index is 1.27. The molecule has 0 aliphatic carbocycles. The van der Waals surface area contributed by atoms with E-state index in [1.807, 2.05) is 72.8 Å². The van der Waals surface area contributed by atoms with Gasteiger partial charge in [-0.3, -0.25) is 0 Å². The first-order valence-electron chi connectivity index (χ1n) is 11.3. The molecule has 0 aliphatic rings. The van der Waals surface area contributed by atoms with Gasteiger partial charge in [-0.05, 0) is 48.9 Å². The summed E-state index contributed by atoms with van der Waals surface area (Å²) in [5.41, 5.74) is 2.96. The number of benzene rings is 3. The molecular weight excluding hydrogens is 442 g/mol. The highest BCUT2D eigenvalue weighted by molar-refractivity contribution is 5.94. The van der Waals surface area contributed by atoms with Gasteiger partial charge in [-0.2, -0.15) is 0 Å². The topological polar surface area (TPSA) is 70.8 Å². The average Bonchev–Trinajstić information content (AvgIpc) is 3.32. The third-order valence-corrected chi connectivity index (χ3v) is 5.33. The first kappa shape index (κ1) is 22.2. The van der Waals surface area contributed by atoms with Crippen molar-refractivity contribution in [1.82, 2.24) is 4.98 Å². The molecule has 0 N–H and O–H groups in total. The summed E-state index contributed by atoms with van der Waals surface area (Å²) >= 11 is 0. The second-order valence-corrected chi connectivity index (χ2v) is 7.82. The Morgan fingerprint density at radius 2 is 1.74 bits per heavy atom. The van der Waals surface area contributed by atoms with Crippen molar-refractivity contribution >= 4 is 16.9 Å².